The molecule has 3 heteroatoms. The van der Waals surface area contributed by atoms with E-state index < -0.39 is 6.16 Å². The Morgan fingerprint density at radius 2 is 2.20 bits per heavy atom. The van der Waals surface area contributed by atoms with E-state index in [9.17, 15) is 4.79 Å². The lowest BCUT2D eigenvalue weighted by Gasteiger charge is -2.01. The Labute approximate surface area is 61.3 Å². The molecule has 0 saturated carbocycles. The minimum absolute atomic E-state index is 0.130. The van der Waals surface area contributed by atoms with E-state index in [0.717, 1.165) is 12.8 Å². The Kier molecular flexibility index (Phi) is 5.92. The Bertz CT molecular complexity index is 90.9. The van der Waals surface area contributed by atoms with Crippen molar-refractivity contribution in [1.29, 1.82) is 0 Å². The van der Waals surface area contributed by atoms with Crippen molar-refractivity contribution in [2.45, 2.75) is 19.8 Å². The maximum Gasteiger partial charge on any atom is 0.508 e. The summed E-state index contributed by atoms with van der Waals surface area (Å²) in [5.41, 5.74) is 0. The second-order valence-electron chi connectivity index (χ2n) is 1.80. The molecule has 3 nitrogen and oxygen atoms in total. The minimum Gasteiger partial charge on any atom is -0.434 e. The van der Waals surface area contributed by atoms with Crippen molar-refractivity contribution in [2.75, 3.05) is 13.2 Å². The summed E-state index contributed by atoms with van der Waals surface area (Å²) in [6, 6.07) is 0. The van der Waals surface area contributed by atoms with Gasteiger partial charge in [0.1, 0.15) is 0 Å². The van der Waals surface area contributed by atoms with Crippen molar-refractivity contribution in [1.82, 2.24) is 0 Å². The Morgan fingerprint density at radius 1 is 1.50 bits per heavy atom. The molecule has 0 saturated heterocycles. The summed E-state index contributed by atoms with van der Waals surface area (Å²) >= 11 is 0. The molecule has 10 heavy (non-hydrogen) atoms. The van der Waals surface area contributed by atoms with Gasteiger partial charge in [0.25, 0.3) is 0 Å². The SMILES string of the molecule is [CH2]COC(=O)OCCCC. The third-order valence-corrected chi connectivity index (χ3v) is 0.938. The average molecular weight is 145 g/mol. The smallest absolute Gasteiger partial charge is 0.434 e. The van der Waals surface area contributed by atoms with Gasteiger partial charge in [0.15, 0.2) is 0 Å². The zero-order chi connectivity index (χ0) is 7.82. The van der Waals surface area contributed by atoms with Crippen molar-refractivity contribution < 1.29 is 14.3 Å². The van der Waals surface area contributed by atoms with E-state index in [2.05, 4.69) is 16.4 Å². The standard InChI is InChI=1S/C7H13O3/c1-3-5-6-10-7(8)9-4-2/h2-6H2,1H3. The van der Waals surface area contributed by atoms with E-state index in [0.29, 0.717) is 6.61 Å². The Morgan fingerprint density at radius 3 is 2.70 bits per heavy atom. The summed E-state index contributed by atoms with van der Waals surface area (Å²) in [6.45, 7) is 5.92. The van der Waals surface area contributed by atoms with Gasteiger partial charge in [-0.3, -0.25) is 0 Å². The van der Waals surface area contributed by atoms with Crippen molar-refractivity contribution in [3.8, 4) is 0 Å². The maximum atomic E-state index is 10.4. The van der Waals surface area contributed by atoms with Gasteiger partial charge in [-0.25, -0.2) is 4.79 Å². The summed E-state index contributed by atoms with van der Waals surface area (Å²) in [4.78, 5) is 10.4. The highest BCUT2D eigenvalue weighted by atomic mass is 16.7. The second-order valence-corrected chi connectivity index (χ2v) is 1.80. The third-order valence-electron chi connectivity index (χ3n) is 0.938. The molecule has 0 unspecified atom stereocenters. The lowest BCUT2D eigenvalue weighted by molar-refractivity contribution is 0.0620. The fourth-order valence-electron chi connectivity index (χ4n) is 0.425. The molecule has 0 heterocycles. The van der Waals surface area contributed by atoms with Gasteiger partial charge in [0.05, 0.1) is 13.2 Å². The second kappa shape index (κ2) is 6.39. The number of carbonyl (C=O) groups excluding carboxylic acids is 1. The van der Waals surface area contributed by atoms with Crippen LogP contribution in [0.15, 0.2) is 0 Å². The molecule has 0 bridgehead atoms. The topological polar surface area (TPSA) is 35.5 Å². The Balaban J connectivity index is 3.05. The average Bonchev–Trinajstić information content (AvgIpc) is 1.89. The van der Waals surface area contributed by atoms with Crippen LogP contribution in [-0.4, -0.2) is 19.4 Å². The zero-order valence-corrected chi connectivity index (χ0v) is 6.26. The van der Waals surface area contributed by atoms with Gasteiger partial charge in [-0.15, -0.1) is 0 Å². The van der Waals surface area contributed by atoms with Crippen molar-refractivity contribution in [3.05, 3.63) is 6.92 Å². The predicted molar refractivity (Wildman–Crippen MR) is 37.6 cm³/mol. The molecule has 0 N–H and O–H groups in total. The largest absolute Gasteiger partial charge is 0.508 e. The molecule has 0 fully saturated rings. The van der Waals surface area contributed by atoms with Gasteiger partial charge in [-0.1, -0.05) is 13.3 Å². The van der Waals surface area contributed by atoms with Gasteiger partial charge >= 0.3 is 6.16 Å². The van der Waals surface area contributed by atoms with Gasteiger partial charge in [0.2, 0.25) is 0 Å². The first-order valence-electron chi connectivity index (χ1n) is 3.40. The summed E-state index contributed by atoms with van der Waals surface area (Å²) in [7, 11) is 0. The first-order chi connectivity index (χ1) is 4.81. The van der Waals surface area contributed by atoms with E-state index in [1.165, 1.54) is 0 Å². The van der Waals surface area contributed by atoms with Crippen molar-refractivity contribution >= 4 is 6.16 Å². The number of ether oxygens (including phenoxy) is 2. The number of hydrogen-bond acceptors (Lipinski definition) is 3. The highest BCUT2D eigenvalue weighted by Crippen LogP contribution is 1.90. The van der Waals surface area contributed by atoms with Crippen LogP contribution in [-0.2, 0) is 9.47 Å². The van der Waals surface area contributed by atoms with Crippen LogP contribution in [0.4, 0.5) is 4.79 Å². The predicted octanol–water partition coefficient (Wildman–Crippen LogP) is 1.77. The fourth-order valence-corrected chi connectivity index (χ4v) is 0.425. The summed E-state index contributed by atoms with van der Waals surface area (Å²) in [5, 5.41) is 0. The van der Waals surface area contributed by atoms with E-state index >= 15 is 0 Å². The lowest BCUT2D eigenvalue weighted by Crippen LogP contribution is -2.07. The molecule has 0 spiro atoms. The normalized spacial score (nSPS) is 9.00. The first-order valence-corrected chi connectivity index (χ1v) is 3.40. The van der Waals surface area contributed by atoms with E-state index in [1.807, 2.05) is 6.92 Å². The first kappa shape index (κ1) is 9.27. The number of unbranched alkanes of at least 4 members (excludes halogenated alkanes) is 1. The highest BCUT2D eigenvalue weighted by molar-refractivity contribution is 5.59. The molecular weight excluding hydrogens is 132 g/mol. The van der Waals surface area contributed by atoms with Crippen molar-refractivity contribution in [3.63, 3.8) is 0 Å². The maximum absolute atomic E-state index is 10.4. The molecule has 0 aromatic heterocycles. The third kappa shape index (κ3) is 5.41. The van der Waals surface area contributed by atoms with Crippen LogP contribution < -0.4 is 0 Å². The van der Waals surface area contributed by atoms with Gasteiger partial charge in [-0.05, 0) is 13.3 Å². The number of hydrogen-bond donors (Lipinski definition) is 0. The van der Waals surface area contributed by atoms with Crippen LogP contribution in [0.2, 0.25) is 0 Å². The van der Waals surface area contributed by atoms with Crippen molar-refractivity contribution in [2.24, 2.45) is 0 Å². The molecule has 0 amide bonds. The van der Waals surface area contributed by atoms with Crippen LogP contribution in [0.3, 0.4) is 0 Å². The quantitative estimate of drug-likeness (QED) is 0.446. The molecule has 0 aromatic carbocycles. The molecule has 59 valence electrons. The van der Waals surface area contributed by atoms with Crippen LogP contribution in [0.25, 0.3) is 0 Å². The van der Waals surface area contributed by atoms with Gasteiger partial charge < -0.3 is 9.47 Å². The van der Waals surface area contributed by atoms with Gasteiger partial charge in [-0.2, -0.15) is 0 Å². The van der Waals surface area contributed by atoms with Crippen LogP contribution >= 0.6 is 0 Å². The lowest BCUT2D eigenvalue weighted by atomic mass is 10.4. The van der Waals surface area contributed by atoms with E-state index in [4.69, 9.17) is 0 Å². The van der Waals surface area contributed by atoms with Crippen LogP contribution in [0.1, 0.15) is 19.8 Å². The highest BCUT2D eigenvalue weighted by Gasteiger charge is 1.98. The minimum atomic E-state index is -0.622. The zero-order valence-electron chi connectivity index (χ0n) is 6.26. The van der Waals surface area contributed by atoms with Gasteiger partial charge in [0, 0.05) is 0 Å². The molecule has 0 atom stereocenters. The number of carbonyl (C=O) groups is 1. The van der Waals surface area contributed by atoms with E-state index in [1.54, 1.807) is 0 Å². The molecule has 0 aliphatic rings. The fraction of sp³-hybridized carbons (Fsp3) is 0.714. The monoisotopic (exact) mass is 145 g/mol. The molecule has 0 aromatic rings. The van der Waals surface area contributed by atoms with Crippen LogP contribution in [0, 0.1) is 6.92 Å². The molecule has 0 aliphatic carbocycles. The van der Waals surface area contributed by atoms with Crippen LogP contribution in [0.5, 0.6) is 0 Å². The summed E-state index contributed by atoms with van der Waals surface area (Å²) in [5.74, 6) is 0. The molecule has 0 aliphatic heterocycles. The Hall–Kier alpha value is -0.730. The molecule has 0 rings (SSSR count). The molecule has 1 radical (unpaired) electrons. The summed E-state index contributed by atoms with van der Waals surface area (Å²) < 4.78 is 9.04. The molecular formula is C7H13O3. The summed E-state index contributed by atoms with van der Waals surface area (Å²) in [6.07, 6.45) is 1.27. The number of rotatable bonds is 4. The van der Waals surface area contributed by atoms with E-state index in [-0.39, 0.29) is 6.61 Å².